The number of hydrogen-bond acceptors (Lipinski definition) is 3. The van der Waals surface area contributed by atoms with Crippen LogP contribution in [0.1, 0.15) is 23.5 Å². The van der Waals surface area contributed by atoms with Crippen LogP contribution in [0.3, 0.4) is 0 Å². The monoisotopic (exact) mass is 287 g/mol. The molecule has 2 aromatic rings. The number of benzene rings is 2. The number of para-hydroxylation sites is 1. The van der Waals surface area contributed by atoms with E-state index in [0.29, 0.717) is 12.0 Å². The maximum absolute atomic E-state index is 14.0. The van der Waals surface area contributed by atoms with Gasteiger partial charge in [-0.3, -0.25) is 10.1 Å². The Kier molecular flexibility index (Phi) is 3.56. The number of rotatable bonds is 5. The SMILES string of the molecule is O=[N+]([O-])[C@@H]1C[C@H]1c1cccc(F)c1OCc1ccccc1. The van der Waals surface area contributed by atoms with Crippen LogP contribution in [0, 0.1) is 15.9 Å². The number of nitrogens with zero attached hydrogens (tertiary/aromatic N) is 1. The van der Waals surface area contributed by atoms with Crippen LogP contribution in [-0.4, -0.2) is 11.0 Å². The molecule has 2 aromatic carbocycles. The van der Waals surface area contributed by atoms with Gasteiger partial charge in [-0.1, -0.05) is 42.5 Å². The molecule has 4 nitrogen and oxygen atoms in total. The topological polar surface area (TPSA) is 52.4 Å². The highest BCUT2D eigenvalue weighted by Gasteiger charge is 2.50. The Hall–Kier alpha value is -2.43. The van der Waals surface area contributed by atoms with Gasteiger partial charge in [0.1, 0.15) is 6.61 Å². The number of nitro groups is 1. The molecule has 0 aromatic heterocycles. The predicted molar refractivity (Wildman–Crippen MR) is 75.3 cm³/mol. The molecule has 2 atom stereocenters. The van der Waals surface area contributed by atoms with Crippen molar-refractivity contribution in [3.05, 3.63) is 75.6 Å². The van der Waals surface area contributed by atoms with E-state index in [0.717, 1.165) is 5.56 Å². The summed E-state index contributed by atoms with van der Waals surface area (Å²) in [5.41, 5.74) is 1.51. The van der Waals surface area contributed by atoms with Gasteiger partial charge in [0.2, 0.25) is 6.04 Å². The molecule has 1 aliphatic carbocycles. The molecule has 0 aliphatic heterocycles. The maximum atomic E-state index is 14.0. The average Bonchev–Trinajstić information content (AvgIpc) is 3.27. The van der Waals surface area contributed by atoms with Crippen molar-refractivity contribution in [2.75, 3.05) is 0 Å². The van der Waals surface area contributed by atoms with Crippen molar-refractivity contribution < 1.29 is 14.1 Å². The lowest BCUT2D eigenvalue weighted by molar-refractivity contribution is -0.496. The number of halogens is 1. The Balaban J connectivity index is 1.80. The molecular formula is C16H14FNO3. The molecule has 0 saturated heterocycles. The van der Waals surface area contributed by atoms with Crippen LogP contribution < -0.4 is 4.74 Å². The summed E-state index contributed by atoms with van der Waals surface area (Å²) in [5, 5.41) is 10.8. The van der Waals surface area contributed by atoms with Crippen LogP contribution >= 0.6 is 0 Å². The van der Waals surface area contributed by atoms with Gasteiger partial charge in [-0.05, 0) is 11.6 Å². The first-order valence-corrected chi connectivity index (χ1v) is 6.75. The molecule has 0 bridgehead atoms. The third kappa shape index (κ3) is 2.86. The molecule has 0 N–H and O–H groups in total. The second-order valence-corrected chi connectivity index (χ2v) is 5.13. The quantitative estimate of drug-likeness (QED) is 0.624. The van der Waals surface area contributed by atoms with Gasteiger partial charge in [-0.15, -0.1) is 0 Å². The smallest absolute Gasteiger partial charge is 0.221 e. The molecule has 5 heteroatoms. The van der Waals surface area contributed by atoms with Gasteiger partial charge < -0.3 is 4.74 Å². The van der Waals surface area contributed by atoms with Gasteiger partial charge in [-0.2, -0.15) is 0 Å². The Morgan fingerprint density at radius 3 is 2.62 bits per heavy atom. The molecule has 3 rings (SSSR count). The second-order valence-electron chi connectivity index (χ2n) is 5.13. The molecule has 0 unspecified atom stereocenters. The average molecular weight is 287 g/mol. The van der Waals surface area contributed by atoms with Crippen LogP contribution in [0.25, 0.3) is 0 Å². The van der Waals surface area contributed by atoms with E-state index >= 15 is 0 Å². The van der Waals surface area contributed by atoms with Crippen LogP contribution in [0.2, 0.25) is 0 Å². The van der Waals surface area contributed by atoms with Gasteiger partial charge in [-0.25, -0.2) is 4.39 Å². The molecule has 0 amide bonds. The largest absolute Gasteiger partial charge is 0.486 e. The molecule has 21 heavy (non-hydrogen) atoms. The lowest BCUT2D eigenvalue weighted by Crippen LogP contribution is -2.05. The first-order valence-electron chi connectivity index (χ1n) is 6.75. The van der Waals surface area contributed by atoms with E-state index in [1.807, 2.05) is 30.3 Å². The minimum Gasteiger partial charge on any atom is -0.486 e. The first kappa shape index (κ1) is 13.5. The molecule has 0 radical (unpaired) electrons. The summed E-state index contributed by atoms with van der Waals surface area (Å²) in [6.07, 6.45) is 0.443. The summed E-state index contributed by atoms with van der Waals surface area (Å²) in [6, 6.07) is 13.4. The van der Waals surface area contributed by atoms with E-state index in [-0.39, 0.29) is 23.2 Å². The van der Waals surface area contributed by atoms with Crippen molar-refractivity contribution >= 4 is 0 Å². The minimum atomic E-state index is -0.620. The summed E-state index contributed by atoms with van der Waals surface area (Å²) in [7, 11) is 0. The molecule has 1 saturated carbocycles. The number of ether oxygens (including phenoxy) is 1. The normalized spacial score (nSPS) is 20.0. The lowest BCUT2D eigenvalue weighted by Gasteiger charge is -2.11. The third-order valence-electron chi connectivity index (χ3n) is 3.65. The summed E-state index contributed by atoms with van der Waals surface area (Å²) < 4.78 is 19.6. The Labute approximate surface area is 121 Å². The zero-order valence-electron chi connectivity index (χ0n) is 11.2. The van der Waals surface area contributed by atoms with Crippen LogP contribution in [0.15, 0.2) is 48.5 Å². The van der Waals surface area contributed by atoms with Gasteiger partial charge >= 0.3 is 0 Å². The molecular weight excluding hydrogens is 273 g/mol. The molecule has 1 aliphatic rings. The van der Waals surface area contributed by atoms with E-state index in [1.165, 1.54) is 6.07 Å². The van der Waals surface area contributed by atoms with E-state index in [9.17, 15) is 14.5 Å². The van der Waals surface area contributed by atoms with Crippen molar-refractivity contribution in [2.24, 2.45) is 0 Å². The lowest BCUT2D eigenvalue weighted by atomic mass is 10.1. The Bertz CT molecular complexity index is 660. The van der Waals surface area contributed by atoms with Crippen molar-refractivity contribution in [1.29, 1.82) is 0 Å². The maximum Gasteiger partial charge on any atom is 0.221 e. The first-order chi connectivity index (χ1) is 10.2. The minimum absolute atomic E-state index is 0.135. The second kappa shape index (κ2) is 5.52. The van der Waals surface area contributed by atoms with Gasteiger partial charge in [0, 0.05) is 16.9 Å². The standard InChI is InChI=1S/C16H14FNO3/c17-14-8-4-7-12(13-9-15(13)18(19)20)16(14)21-10-11-5-2-1-3-6-11/h1-8,13,15H,9-10H2/t13-,15+/m0/s1. The molecule has 0 spiro atoms. The summed E-state index contributed by atoms with van der Waals surface area (Å²) in [5.74, 6) is -0.588. The highest BCUT2D eigenvalue weighted by atomic mass is 19.1. The fourth-order valence-corrected chi connectivity index (χ4v) is 2.45. The summed E-state index contributed by atoms with van der Waals surface area (Å²) in [6.45, 7) is 0.241. The van der Waals surface area contributed by atoms with Crippen LogP contribution in [-0.2, 0) is 6.61 Å². The van der Waals surface area contributed by atoms with Crippen molar-refractivity contribution in [1.82, 2.24) is 0 Å². The summed E-state index contributed by atoms with van der Waals surface area (Å²) in [4.78, 5) is 10.5. The Morgan fingerprint density at radius 1 is 1.19 bits per heavy atom. The summed E-state index contributed by atoms with van der Waals surface area (Å²) >= 11 is 0. The van der Waals surface area contributed by atoms with Gasteiger partial charge in [0.05, 0.1) is 5.92 Å². The van der Waals surface area contributed by atoms with E-state index in [2.05, 4.69) is 0 Å². The van der Waals surface area contributed by atoms with E-state index in [4.69, 9.17) is 4.74 Å². The van der Waals surface area contributed by atoms with Crippen molar-refractivity contribution in [3.8, 4) is 5.75 Å². The van der Waals surface area contributed by atoms with Gasteiger partial charge in [0.25, 0.3) is 0 Å². The van der Waals surface area contributed by atoms with E-state index < -0.39 is 11.9 Å². The van der Waals surface area contributed by atoms with Crippen LogP contribution in [0.5, 0.6) is 5.75 Å². The molecule has 108 valence electrons. The fraction of sp³-hybridized carbons (Fsp3) is 0.250. The zero-order valence-corrected chi connectivity index (χ0v) is 11.2. The van der Waals surface area contributed by atoms with Crippen molar-refractivity contribution in [3.63, 3.8) is 0 Å². The number of hydrogen-bond donors (Lipinski definition) is 0. The highest BCUT2D eigenvalue weighted by Crippen LogP contribution is 2.47. The predicted octanol–water partition coefficient (Wildman–Crippen LogP) is 3.54. The molecule has 1 fully saturated rings. The Morgan fingerprint density at radius 2 is 1.95 bits per heavy atom. The molecule has 0 heterocycles. The van der Waals surface area contributed by atoms with E-state index in [1.54, 1.807) is 12.1 Å². The third-order valence-corrected chi connectivity index (χ3v) is 3.65. The van der Waals surface area contributed by atoms with Crippen LogP contribution in [0.4, 0.5) is 4.39 Å². The van der Waals surface area contributed by atoms with Crippen molar-refractivity contribution in [2.45, 2.75) is 25.0 Å². The fourth-order valence-electron chi connectivity index (χ4n) is 2.45. The zero-order chi connectivity index (χ0) is 14.8. The van der Waals surface area contributed by atoms with Gasteiger partial charge in [0.15, 0.2) is 11.6 Å². The highest BCUT2D eigenvalue weighted by molar-refractivity contribution is 5.41.